The summed E-state index contributed by atoms with van der Waals surface area (Å²) < 4.78 is 0. The molecule has 0 bridgehead atoms. The van der Waals surface area contributed by atoms with Crippen molar-refractivity contribution in [1.82, 2.24) is 9.97 Å². The smallest absolute Gasteiger partial charge is 0.238 e. The topological polar surface area (TPSA) is 67.7 Å². The highest BCUT2D eigenvalue weighted by Gasteiger charge is 2.32. The number of anilines is 1. The number of hydrogen-bond donors (Lipinski definition) is 0. The van der Waals surface area contributed by atoms with Gasteiger partial charge in [-0.05, 0) is 24.6 Å². The summed E-state index contributed by atoms with van der Waals surface area (Å²) in [6, 6.07) is 6.85. The first-order valence-corrected chi connectivity index (χ1v) is 8.08. The summed E-state index contributed by atoms with van der Waals surface area (Å²) in [5.41, 5.74) is 0.773. The van der Waals surface area contributed by atoms with Crippen molar-refractivity contribution in [2.45, 2.75) is 13.0 Å². The molecule has 124 valence electrons. The van der Waals surface area contributed by atoms with Crippen LogP contribution in [0, 0.1) is 5.92 Å². The Morgan fingerprint density at radius 3 is 2.88 bits per heavy atom. The average Bonchev–Trinajstić information content (AvgIpc) is 2.95. The number of benzene rings is 1. The lowest BCUT2D eigenvalue weighted by atomic mass is 10.1. The third-order valence-electron chi connectivity index (χ3n) is 3.59. The highest BCUT2D eigenvalue weighted by Crippen LogP contribution is 2.22. The molecule has 1 aromatic heterocycles. The van der Waals surface area contributed by atoms with Crippen LogP contribution >= 0.6 is 23.2 Å². The van der Waals surface area contributed by atoms with Crippen LogP contribution in [-0.4, -0.2) is 28.6 Å². The van der Waals surface area contributed by atoms with E-state index in [-0.39, 0.29) is 18.4 Å². The fourth-order valence-electron chi connectivity index (χ4n) is 2.33. The number of nitrogens with zero attached hydrogens (tertiary/aromatic N) is 4. The van der Waals surface area contributed by atoms with E-state index in [4.69, 9.17) is 28.0 Å². The maximum atomic E-state index is 12.3. The van der Waals surface area contributed by atoms with Crippen molar-refractivity contribution < 1.29 is 9.63 Å². The largest absolute Gasteiger partial charge is 0.391 e. The van der Waals surface area contributed by atoms with Gasteiger partial charge in [-0.25, -0.2) is 9.97 Å². The Morgan fingerprint density at radius 2 is 2.12 bits per heavy atom. The Balaban J connectivity index is 1.55. The molecular weight excluding hydrogens is 351 g/mol. The first kappa shape index (κ1) is 16.7. The predicted octanol–water partition coefficient (Wildman–Crippen LogP) is 3.34. The molecule has 1 aromatic carbocycles. The van der Waals surface area contributed by atoms with Crippen molar-refractivity contribution in [2.24, 2.45) is 11.1 Å². The quantitative estimate of drug-likeness (QED) is 0.602. The number of oxime groups is 1. The SMILES string of the molecule is O=C1[C@@H](/C=N\OCc2ccc(Cl)cc2Cl)CCN1c1ncccn1. The second-order valence-electron chi connectivity index (χ2n) is 5.20. The minimum Gasteiger partial charge on any atom is -0.391 e. The first-order chi connectivity index (χ1) is 11.6. The average molecular weight is 365 g/mol. The van der Waals surface area contributed by atoms with Gasteiger partial charge in [0, 0.05) is 34.5 Å². The predicted molar refractivity (Wildman–Crippen MR) is 92.2 cm³/mol. The Morgan fingerprint density at radius 1 is 1.33 bits per heavy atom. The van der Waals surface area contributed by atoms with E-state index in [1.165, 1.54) is 6.21 Å². The monoisotopic (exact) mass is 364 g/mol. The maximum Gasteiger partial charge on any atom is 0.238 e. The van der Waals surface area contributed by atoms with Crippen LogP contribution in [0.5, 0.6) is 0 Å². The Labute approximate surface area is 149 Å². The van der Waals surface area contributed by atoms with Gasteiger partial charge in [0.2, 0.25) is 11.9 Å². The zero-order valence-electron chi connectivity index (χ0n) is 12.6. The van der Waals surface area contributed by atoms with Crippen LogP contribution in [-0.2, 0) is 16.2 Å². The molecule has 1 amide bonds. The molecule has 6 nitrogen and oxygen atoms in total. The molecule has 0 aliphatic carbocycles. The summed E-state index contributed by atoms with van der Waals surface area (Å²) in [5, 5.41) is 4.96. The molecular formula is C16H14Cl2N4O2. The van der Waals surface area contributed by atoms with Crippen LogP contribution in [0.15, 0.2) is 41.8 Å². The van der Waals surface area contributed by atoms with Crippen LogP contribution in [0.3, 0.4) is 0 Å². The molecule has 2 aromatic rings. The Bertz CT molecular complexity index is 755. The lowest BCUT2D eigenvalue weighted by Gasteiger charge is -2.12. The molecule has 1 aliphatic heterocycles. The number of aromatic nitrogens is 2. The van der Waals surface area contributed by atoms with Crippen molar-refractivity contribution in [3.63, 3.8) is 0 Å². The van der Waals surface area contributed by atoms with E-state index in [0.717, 1.165) is 5.56 Å². The van der Waals surface area contributed by atoms with Gasteiger partial charge in [0.1, 0.15) is 6.61 Å². The molecule has 3 rings (SSSR count). The van der Waals surface area contributed by atoms with E-state index < -0.39 is 0 Å². The summed E-state index contributed by atoms with van der Waals surface area (Å²) in [6.07, 6.45) is 5.37. The minimum atomic E-state index is -0.338. The van der Waals surface area contributed by atoms with Gasteiger partial charge in [-0.15, -0.1) is 0 Å². The number of carbonyl (C=O) groups is 1. The van der Waals surface area contributed by atoms with Crippen molar-refractivity contribution in [3.05, 3.63) is 52.3 Å². The molecule has 0 spiro atoms. The number of hydrogen-bond acceptors (Lipinski definition) is 5. The van der Waals surface area contributed by atoms with E-state index in [2.05, 4.69) is 15.1 Å². The fraction of sp³-hybridized carbons (Fsp3) is 0.250. The zero-order valence-corrected chi connectivity index (χ0v) is 14.1. The maximum absolute atomic E-state index is 12.3. The van der Waals surface area contributed by atoms with Gasteiger partial charge in [0.15, 0.2) is 0 Å². The summed E-state index contributed by atoms with van der Waals surface area (Å²) in [7, 11) is 0. The number of rotatable bonds is 5. The third kappa shape index (κ3) is 3.83. The zero-order chi connectivity index (χ0) is 16.9. The van der Waals surface area contributed by atoms with Gasteiger partial charge in [0.25, 0.3) is 0 Å². The van der Waals surface area contributed by atoms with Gasteiger partial charge in [-0.1, -0.05) is 34.4 Å². The number of carbonyl (C=O) groups excluding carboxylic acids is 1. The summed E-state index contributed by atoms with van der Waals surface area (Å²) in [4.78, 5) is 27.3. The van der Waals surface area contributed by atoms with Gasteiger partial charge >= 0.3 is 0 Å². The first-order valence-electron chi connectivity index (χ1n) is 7.33. The van der Waals surface area contributed by atoms with Crippen LogP contribution in [0.25, 0.3) is 0 Å². The van der Waals surface area contributed by atoms with Gasteiger partial charge in [0.05, 0.1) is 12.1 Å². The van der Waals surface area contributed by atoms with E-state index >= 15 is 0 Å². The fourth-order valence-corrected chi connectivity index (χ4v) is 2.79. The molecule has 0 unspecified atom stereocenters. The minimum absolute atomic E-state index is 0.0851. The summed E-state index contributed by atoms with van der Waals surface area (Å²) in [5.74, 6) is -0.0140. The second-order valence-corrected chi connectivity index (χ2v) is 6.04. The molecule has 1 aliphatic rings. The molecule has 0 radical (unpaired) electrons. The van der Waals surface area contributed by atoms with E-state index in [0.29, 0.717) is 29.0 Å². The van der Waals surface area contributed by atoms with Gasteiger partial charge in [-0.2, -0.15) is 0 Å². The standard InChI is InChI=1S/C16H14Cl2N4O2/c17-13-3-2-12(14(18)8-13)10-24-21-9-11-4-7-22(15(11)23)16-19-5-1-6-20-16/h1-3,5-6,8-9,11H,4,7,10H2/b21-9-/t11-/m1/s1. The van der Waals surface area contributed by atoms with Crippen LogP contribution < -0.4 is 4.90 Å². The molecule has 1 saturated heterocycles. The molecule has 24 heavy (non-hydrogen) atoms. The Hall–Kier alpha value is -2.18. The van der Waals surface area contributed by atoms with Crippen molar-refractivity contribution in [2.75, 3.05) is 11.4 Å². The molecule has 0 N–H and O–H groups in total. The van der Waals surface area contributed by atoms with E-state index in [9.17, 15) is 4.79 Å². The highest BCUT2D eigenvalue weighted by molar-refractivity contribution is 6.35. The molecule has 1 atom stereocenters. The van der Waals surface area contributed by atoms with E-state index in [1.807, 2.05) is 0 Å². The molecule has 0 saturated carbocycles. The van der Waals surface area contributed by atoms with Crippen molar-refractivity contribution in [1.29, 1.82) is 0 Å². The second kappa shape index (κ2) is 7.59. The molecule has 2 heterocycles. The highest BCUT2D eigenvalue weighted by atomic mass is 35.5. The van der Waals surface area contributed by atoms with Crippen molar-refractivity contribution >= 4 is 41.3 Å². The van der Waals surface area contributed by atoms with Gasteiger partial charge < -0.3 is 4.84 Å². The van der Waals surface area contributed by atoms with Crippen LogP contribution in [0.4, 0.5) is 5.95 Å². The normalized spacial score (nSPS) is 17.7. The lowest BCUT2D eigenvalue weighted by molar-refractivity contribution is -0.118. The van der Waals surface area contributed by atoms with Gasteiger partial charge in [-0.3, -0.25) is 9.69 Å². The Kier molecular flexibility index (Phi) is 5.27. The lowest BCUT2D eigenvalue weighted by Crippen LogP contribution is -2.29. The summed E-state index contributed by atoms with van der Waals surface area (Å²) >= 11 is 11.9. The molecule has 1 fully saturated rings. The summed E-state index contributed by atoms with van der Waals surface area (Å²) in [6.45, 7) is 0.765. The number of amides is 1. The van der Waals surface area contributed by atoms with Crippen LogP contribution in [0.2, 0.25) is 10.0 Å². The third-order valence-corrected chi connectivity index (χ3v) is 4.18. The van der Waals surface area contributed by atoms with Crippen LogP contribution in [0.1, 0.15) is 12.0 Å². The molecule has 8 heteroatoms. The van der Waals surface area contributed by atoms with Crippen molar-refractivity contribution in [3.8, 4) is 0 Å². The number of halogens is 2. The van der Waals surface area contributed by atoms with E-state index in [1.54, 1.807) is 41.6 Å².